The van der Waals surface area contributed by atoms with Crippen LogP contribution < -0.4 is 14.4 Å². The fourth-order valence-electron chi connectivity index (χ4n) is 2.35. The second-order valence-electron chi connectivity index (χ2n) is 5.58. The number of anilines is 2. The molecule has 1 amide bonds. The topological polar surface area (TPSA) is 101 Å². The highest BCUT2D eigenvalue weighted by molar-refractivity contribution is 8.01. The minimum atomic E-state index is -3.54. The normalized spacial score (nSPS) is 16.7. The molecule has 0 bridgehead atoms. The van der Waals surface area contributed by atoms with Gasteiger partial charge in [-0.15, -0.1) is 10.2 Å². The molecule has 8 nitrogen and oxygen atoms in total. The zero-order valence-corrected chi connectivity index (χ0v) is 16.7. The van der Waals surface area contributed by atoms with Crippen molar-refractivity contribution in [2.45, 2.75) is 23.8 Å². The molecule has 1 aromatic heterocycles. The maximum atomic E-state index is 12.5. The third kappa shape index (κ3) is 4.27. The fourth-order valence-corrected chi connectivity index (χ4v) is 4.94. The zero-order valence-electron chi connectivity index (χ0n) is 14.2. The molecule has 0 fully saturated rings. The van der Waals surface area contributed by atoms with Crippen LogP contribution in [-0.2, 0) is 14.8 Å². The molecule has 0 saturated heterocycles. The van der Waals surface area contributed by atoms with Crippen LogP contribution >= 0.6 is 23.1 Å². The smallest absolute Gasteiger partial charge is 0.269 e. The Labute approximate surface area is 160 Å². The highest BCUT2D eigenvalue weighted by atomic mass is 32.2. The maximum absolute atomic E-state index is 12.5. The van der Waals surface area contributed by atoms with Crippen LogP contribution in [0.1, 0.15) is 13.3 Å². The average molecular weight is 415 g/mol. The number of hydrogen-bond acceptors (Lipinski definition) is 8. The Hall–Kier alpha value is -1.85. The van der Waals surface area contributed by atoms with E-state index < -0.39 is 22.0 Å². The molecule has 0 spiro atoms. The van der Waals surface area contributed by atoms with E-state index in [4.69, 9.17) is 4.74 Å². The van der Waals surface area contributed by atoms with Gasteiger partial charge >= 0.3 is 0 Å². The van der Waals surface area contributed by atoms with E-state index >= 15 is 0 Å². The number of rotatable bonds is 6. The molecule has 26 heavy (non-hydrogen) atoms. The van der Waals surface area contributed by atoms with Gasteiger partial charge in [0.15, 0.2) is 10.4 Å². The summed E-state index contributed by atoms with van der Waals surface area (Å²) in [6.07, 6.45) is 1.14. The van der Waals surface area contributed by atoms with E-state index in [0.29, 0.717) is 16.6 Å². The van der Waals surface area contributed by atoms with Crippen LogP contribution in [0.2, 0.25) is 0 Å². The van der Waals surface area contributed by atoms with E-state index in [2.05, 4.69) is 22.4 Å². The third-order valence-corrected chi connectivity index (χ3v) is 6.82. The molecule has 0 saturated carbocycles. The highest BCUT2D eigenvalue weighted by Crippen LogP contribution is 2.35. The maximum Gasteiger partial charge on any atom is 0.269 e. The quantitative estimate of drug-likeness (QED) is 0.571. The molecule has 140 valence electrons. The van der Waals surface area contributed by atoms with Crippen molar-refractivity contribution in [3.8, 4) is 5.75 Å². The number of ether oxygens (including phenoxy) is 1. The highest BCUT2D eigenvalue weighted by Gasteiger charge is 2.35. The van der Waals surface area contributed by atoms with E-state index in [1.54, 1.807) is 36.0 Å². The number of thioether (sulfide) groups is 1. The summed E-state index contributed by atoms with van der Waals surface area (Å²) < 4.78 is 31.8. The summed E-state index contributed by atoms with van der Waals surface area (Å²) >= 11 is 2.85. The van der Waals surface area contributed by atoms with Crippen LogP contribution in [0.3, 0.4) is 0 Å². The van der Waals surface area contributed by atoms with Crippen LogP contribution in [0, 0.1) is 0 Å². The van der Waals surface area contributed by atoms with Gasteiger partial charge in [-0.2, -0.15) is 0 Å². The van der Waals surface area contributed by atoms with Gasteiger partial charge in [0.25, 0.3) is 5.91 Å². The number of nitrogens with one attached hydrogen (secondary N) is 1. The first-order valence-electron chi connectivity index (χ1n) is 7.89. The summed E-state index contributed by atoms with van der Waals surface area (Å²) in [6.45, 7) is 1.97. The lowest BCUT2D eigenvalue weighted by molar-refractivity contribution is -0.122. The molecule has 1 unspecified atom stereocenters. The van der Waals surface area contributed by atoms with Crippen molar-refractivity contribution in [3.63, 3.8) is 0 Å². The number of sulfonamides is 1. The summed E-state index contributed by atoms with van der Waals surface area (Å²) in [4.78, 5) is 12.5. The first kappa shape index (κ1) is 18.9. The summed E-state index contributed by atoms with van der Waals surface area (Å²) in [7, 11) is -3.54. The van der Waals surface area contributed by atoms with Gasteiger partial charge in [-0.25, -0.2) is 8.42 Å². The van der Waals surface area contributed by atoms with Gasteiger partial charge in [-0.1, -0.05) is 42.2 Å². The fraction of sp³-hybridized carbons (Fsp3) is 0.400. The standard InChI is InChI=1S/C15H18N4O4S3/c1-3-8-24-15-18-17-14(25-15)16-13(20)12-9-19(26(2,21)22)10-6-4-5-7-11(10)23-12/h4-7,12H,3,8-9H2,1-2H3,(H,16,17,20). The number of carbonyl (C=O) groups excluding carboxylic acids is 1. The van der Waals surface area contributed by atoms with E-state index in [0.717, 1.165) is 22.8 Å². The first-order chi connectivity index (χ1) is 12.4. The largest absolute Gasteiger partial charge is 0.476 e. The molecule has 0 radical (unpaired) electrons. The van der Waals surface area contributed by atoms with Crippen molar-refractivity contribution in [3.05, 3.63) is 24.3 Å². The number of carbonyl (C=O) groups is 1. The summed E-state index contributed by atoms with van der Waals surface area (Å²) in [5, 5.41) is 11.0. The predicted octanol–water partition coefficient (Wildman–Crippen LogP) is 2.21. The molecule has 2 heterocycles. The van der Waals surface area contributed by atoms with Crippen molar-refractivity contribution < 1.29 is 17.9 Å². The number of fused-ring (bicyclic) bond motifs is 1. The second kappa shape index (κ2) is 7.80. The minimum Gasteiger partial charge on any atom is -0.476 e. The SMILES string of the molecule is CCCSc1nnc(NC(=O)C2CN(S(C)(=O)=O)c3ccccc3O2)s1. The molecule has 11 heteroatoms. The van der Waals surface area contributed by atoms with Crippen molar-refractivity contribution >= 4 is 49.8 Å². The van der Waals surface area contributed by atoms with Crippen LogP contribution in [0.4, 0.5) is 10.8 Å². The van der Waals surface area contributed by atoms with Gasteiger partial charge in [-0.3, -0.25) is 14.4 Å². The average Bonchev–Trinajstić information content (AvgIpc) is 3.05. The predicted molar refractivity (Wildman–Crippen MR) is 103 cm³/mol. The van der Waals surface area contributed by atoms with Crippen LogP contribution in [0.5, 0.6) is 5.75 Å². The first-order valence-corrected chi connectivity index (χ1v) is 11.5. The van der Waals surface area contributed by atoms with Gasteiger partial charge in [-0.05, 0) is 18.6 Å². The zero-order chi connectivity index (χ0) is 18.7. The van der Waals surface area contributed by atoms with Crippen LogP contribution in [-0.4, -0.2) is 49.2 Å². The number of para-hydroxylation sites is 2. The minimum absolute atomic E-state index is 0.0993. The molecule has 1 aliphatic rings. The molecule has 3 rings (SSSR count). The Balaban J connectivity index is 1.75. The van der Waals surface area contributed by atoms with Gasteiger partial charge in [0.05, 0.1) is 18.5 Å². The number of hydrogen-bond donors (Lipinski definition) is 1. The molecule has 1 aliphatic heterocycles. The van der Waals surface area contributed by atoms with E-state index in [9.17, 15) is 13.2 Å². The molecular formula is C15H18N4O4S3. The van der Waals surface area contributed by atoms with Gasteiger partial charge in [0.1, 0.15) is 5.75 Å². The summed E-state index contributed by atoms with van der Waals surface area (Å²) in [6, 6.07) is 6.73. The van der Waals surface area contributed by atoms with Crippen molar-refractivity contribution in [1.82, 2.24) is 10.2 Å². The summed E-state index contributed by atoms with van der Waals surface area (Å²) in [5.74, 6) is 0.811. The number of aromatic nitrogens is 2. The van der Waals surface area contributed by atoms with E-state index in [1.165, 1.54) is 15.6 Å². The number of benzene rings is 1. The Morgan fingerprint density at radius 1 is 1.42 bits per heavy atom. The lowest BCUT2D eigenvalue weighted by Crippen LogP contribution is -2.48. The van der Waals surface area contributed by atoms with E-state index in [1.807, 2.05) is 0 Å². The Bertz CT molecular complexity index is 900. The van der Waals surface area contributed by atoms with Gasteiger partial charge in [0.2, 0.25) is 15.2 Å². The third-order valence-electron chi connectivity index (χ3n) is 3.49. The van der Waals surface area contributed by atoms with Crippen LogP contribution in [0.15, 0.2) is 28.6 Å². The molecule has 0 aliphatic carbocycles. The van der Waals surface area contributed by atoms with Crippen LogP contribution in [0.25, 0.3) is 0 Å². The van der Waals surface area contributed by atoms with Crippen molar-refractivity contribution in [2.24, 2.45) is 0 Å². The number of nitrogens with zero attached hydrogens (tertiary/aromatic N) is 3. The molecule has 2 aromatic rings. The Kier molecular flexibility index (Phi) is 5.68. The second-order valence-corrected chi connectivity index (χ2v) is 9.81. The molecular weight excluding hydrogens is 396 g/mol. The van der Waals surface area contributed by atoms with E-state index in [-0.39, 0.29) is 6.54 Å². The number of amides is 1. The van der Waals surface area contributed by atoms with Gasteiger partial charge in [0, 0.05) is 5.75 Å². The lowest BCUT2D eigenvalue weighted by Gasteiger charge is -2.33. The Morgan fingerprint density at radius 3 is 2.92 bits per heavy atom. The molecule has 1 aromatic carbocycles. The lowest BCUT2D eigenvalue weighted by atomic mass is 10.2. The van der Waals surface area contributed by atoms with Crippen molar-refractivity contribution in [2.75, 3.05) is 28.2 Å². The monoisotopic (exact) mass is 414 g/mol. The summed E-state index contributed by atoms with van der Waals surface area (Å²) in [5.41, 5.74) is 0.424. The molecule has 1 atom stereocenters. The Morgan fingerprint density at radius 2 is 2.19 bits per heavy atom. The van der Waals surface area contributed by atoms with Crippen molar-refractivity contribution in [1.29, 1.82) is 0 Å². The van der Waals surface area contributed by atoms with Gasteiger partial charge < -0.3 is 4.74 Å². The molecule has 1 N–H and O–H groups in total.